The summed E-state index contributed by atoms with van der Waals surface area (Å²) in [7, 11) is 0. The van der Waals surface area contributed by atoms with Crippen molar-refractivity contribution in [3.05, 3.63) is 46.9 Å². The van der Waals surface area contributed by atoms with Crippen molar-refractivity contribution in [2.75, 3.05) is 0 Å². The second-order valence-electron chi connectivity index (χ2n) is 2.99. The number of hydrogen-bond acceptors (Lipinski definition) is 3. The first-order chi connectivity index (χ1) is 6.84. The minimum absolute atomic E-state index is 0.288. The maximum Gasteiger partial charge on any atom is 0.310 e. The van der Waals surface area contributed by atoms with E-state index in [0.717, 1.165) is 11.1 Å². The van der Waals surface area contributed by atoms with Crippen molar-refractivity contribution in [2.45, 2.75) is 0 Å². The van der Waals surface area contributed by atoms with E-state index in [1.54, 1.807) is 10.6 Å². The second-order valence-corrected chi connectivity index (χ2v) is 2.99. The predicted molar refractivity (Wildman–Crippen MR) is 51.2 cm³/mol. The number of benzene rings is 1. The molecule has 0 fully saturated rings. The van der Waals surface area contributed by atoms with Gasteiger partial charge < -0.3 is 4.42 Å². The van der Waals surface area contributed by atoms with E-state index >= 15 is 0 Å². The minimum Gasteiger partial charge on any atom is -0.423 e. The summed E-state index contributed by atoms with van der Waals surface area (Å²) < 4.78 is 7.13. The highest BCUT2D eigenvalue weighted by atomic mass is 16.4. The van der Waals surface area contributed by atoms with Gasteiger partial charge in [-0.3, -0.25) is 9.20 Å². The first-order valence-electron chi connectivity index (χ1n) is 4.21. The average Bonchev–Trinajstić information content (AvgIpc) is 2.54. The summed E-state index contributed by atoms with van der Waals surface area (Å²) in [5.74, 6) is 0.332. The first-order valence-corrected chi connectivity index (χ1v) is 4.21. The van der Waals surface area contributed by atoms with Crippen molar-refractivity contribution in [2.24, 2.45) is 0 Å². The van der Waals surface area contributed by atoms with E-state index in [-0.39, 0.29) is 5.56 Å². The van der Waals surface area contributed by atoms with Gasteiger partial charge in [-0.2, -0.15) is 4.98 Å². The molecule has 4 nitrogen and oxygen atoms in total. The van der Waals surface area contributed by atoms with Gasteiger partial charge in [0.1, 0.15) is 0 Å². The third-order valence-electron chi connectivity index (χ3n) is 2.10. The Balaban J connectivity index is 2.63. The molecule has 3 aromatic rings. The normalized spacial score (nSPS) is 11.1. The third-order valence-corrected chi connectivity index (χ3v) is 2.10. The van der Waals surface area contributed by atoms with Crippen LogP contribution in [0.3, 0.4) is 0 Å². The van der Waals surface area contributed by atoms with E-state index in [1.807, 2.05) is 24.3 Å². The number of hydrogen-bond donors (Lipinski definition) is 0. The van der Waals surface area contributed by atoms with Crippen molar-refractivity contribution < 1.29 is 4.42 Å². The molecular weight excluding hydrogens is 180 g/mol. The lowest BCUT2D eigenvalue weighted by atomic mass is 10.3. The Kier molecular flexibility index (Phi) is 1.28. The Hall–Kier alpha value is -2.10. The molecule has 3 rings (SSSR count). The van der Waals surface area contributed by atoms with Gasteiger partial charge in [-0.1, -0.05) is 12.1 Å². The Morgan fingerprint density at radius 3 is 3.00 bits per heavy atom. The summed E-state index contributed by atoms with van der Waals surface area (Å²) in [6.45, 7) is 0. The molecule has 1 aromatic carbocycles. The van der Waals surface area contributed by atoms with E-state index in [4.69, 9.17) is 4.42 Å². The second kappa shape index (κ2) is 2.45. The maximum absolute atomic E-state index is 11.0. The highest BCUT2D eigenvalue weighted by molar-refractivity contribution is 5.75. The van der Waals surface area contributed by atoms with E-state index in [9.17, 15) is 4.79 Å². The van der Waals surface area contributed by atoms with Gasteiger partial charge in [0.15, 0.2) is 5.58 Å². The van der Waals surface area contributed by atoms with Gasteiger partial charge in [0.25, 0.3) is 5.56 Å². The van der Waals surface area contributed by atoms with Crippen LogP contribution >= 0.6 is 0 Å². The topological polar surface area (TPSA) is 47.5 Å². The average molecular weight is 186 g/mol. The maximum atomic E-state index is 11.0. The Morgan fingerprint density at radius 2 is 2.07 bits per heavy atom. The van der Waals surface area contributed by atoms with Crippen molar-refractivity contribution in [3.63, 3.8) is 0 Å². The highest BCUT2D eigenvalue weighted by Gasteiger charge is 2.04. The molecule has 2 heterocycles. The van der Waals surface area contributed by atoms with Crippen LogP contribution < -0.4 is 5.56 Å². The van der Waals surface area contributed by atoms with Crippen LogP contribution in [0.25, 0.3) is 16.9 Å². The monoisotopic (exact) mass is 186 g/mol. The van der Waals surface area contributed by atoms with Crippen molar-refractivity contribution in [3.8, 4) is 0 Å². The Bertz CT molecular complexity index is 666. The molecule has 0 N–H and O–H groups in total. The lowest BCUT2D eigenvalue weighted by Crippen LogP contribution is -2.04. The first kappa shape index (κ1) is 7.32. The molecule has 0 bridgehead atoms. The highest BCUT2D eigenvalue weighted by Crippen LogP contribution is 2.16. The minimum atomic E-state index is -0.288. The van der Waals surface area contributed by atoms with E-state index in [2.05, 4.69) is 4.98 Å². The van der Waals surface area contributed by atoms with Crippen molar-refractivity contribution in [1.29, 1.82) is 0 Å². The third kappa shape index (κ3) is 0.877. The lowest BCUT2D eigenvalue weighted by Gasteiger charge is -1.88. The smallest absolute Gasteiger partial charge is 0.310 e. The molecule has 0 spiro atoms. The number of rotatable bonds is 0. The summed E-state index contributed by atoms with van der Waals surface area (Å²) in [4.78, 5) is 14.7. The number of nitrogens with zero attached hydrogens (tertiary/aromatic N) is 2. The van der Waals surface area contributed by atoms with E-state index in [0.29, 0.717) is 5.84 Å². The Labute approximate surface area is 78.4 Å². The molecule has 0 saturated carbocycles. The fourth-order valence-corrected chi connectivity index (χ4v) is 1.48. The molecule has 4 heteroatoms. The van der Waals surface area contributed by atoms with Crippen LogP contribution in [0.5, 0.6) is 0 Å². The van der Waals surface area contributed by atoms with Crippen molar-refractivity contribution in [1.82, 2.24) is 9.38 Å². The summed E-state index contributed by atoms with van der Waals surface area (Å²) in [6, 6.07) is 8.96. The molecule has 0 atom stereocenters. The molecule has 0 radical (unpaired) electrons. The molecule has 0 aliphatic carbocycles. The standard InChI is InChI=1S/C10H6N2O2/c13-9-5-6-12-7-3-1-2-4-8(7)14-10(12)11-9/h1-6H. The van der Waals surface area contributed by atoms with Crippen LogP contribution in [0.1, 0.15) is 0 Å². The van der Waals surface area contributed by atoms with Crippen LogP contribution in [0.15, 0.2) is 45.7 Å². The summed E-state index contributed by atoms with van der Waals surface area (Å²) >= 11 is 0. The molecule has 0 unspecified atom stereocenters. The van der Waals surface area contributed by atoms with E-state index in [1.165, 1.54) is 6.07 Å². The Morgan fingerprint density at radius 1 is 1.21 bits per heavy atom. The van der Waals surface area contributed by atoms with Gasteiger partial charge in [-0.15, -0.1) is 0 Å². The molecule has 14 heavy (non-hydrogen) atoms. The SMILES string of the molecule is O=c1ccn2c(n1)oc1ccccc12. The van der Waals surface area contributed by atoms with Gasteiger partial charge in [-0.25, -0.2) is 0 Å². The molecule has 0 aliphatic rings. The van der Waals surface area contributed by atoms with Gasteiger partial charge in [0.2, 0.25) is 0 Å². The lowest BCUT2D eigenvalue weighted by molar-refractivity contribution is 0.633. The van der Waals surface area contributed by atoms with Gasteiger partial charge in [0.05, 0.1) is 5.52 Å². The fourth-order valence-electron chi connectivity index (χ4n) is 1.48. The van der Waals surface area contributed by atoms with Crippen LogP contribution in [-0.2, 0) is 0 Å². The summed E-state index contributed by atoms with van der Waals surface area (Å²) in [6.07, 6.45) is 1.66. The van der Waals surface area contributed by atoms with E-state index < -0.39 is 0 Å². The zero-order valence-electron chi connectivity index (χ0n) is 7.18. The largest absolute Gasteiger partial charge is 0.423 e. The summed E-state index contributed by atoms with van der Waals surface area (Å²) in [5.41, 5.74) is 1.35. The van der Waals surface area contributed by atoms with Crippen LogP contribution in [0.4, 0.5) is 0 Å². The zero-order chi connectivity index (χ0) is 9.54. The summed E-state index contributed by atoms with van der Waals surface area (Å²) in [5, 5.41) is 0. The molecule has 68 valence electrons. The van der Waals surface area contributed by atoms with Crippen molar-refractivity contribution >= 4 is 16.9 Å². The van der Waals surface area contributed by atoms with Gasteiger partial charge in [-0.05, 0) is 12.1 Å². The number of oxazole rings is 1. The number of fused-ring (bicyclic) bond motifs is 3. The van der Waals surface area contributed by atoms with Crippen LogP contribution in [0, 0.1) is 0 Å². The van der Waals surface area contributed by atoms with Gasteiger partial charge in [0, 0.05) is 12.3 Å². The van der Waals surface area contributed by atoms with Crippen LogP contribution in [0.2, 0.25) is 0 Å². The quantitative estimate of drug-likeness (QED) is 0.533. The zero-order valence-corrected chi connectivity index (χ0v) is 7.18. The number of para-hydroxylation sites is 2. The number of aromatic nitrogens is 2. The van der Waals surface area contributed by atoms with Crippen LogP contribution in [-0.4, -0.2) is 9.38 Å². The fraction of sp³-hybridized carbons (Fsp3) is 0. The molecular formula is C10H6N2O2. The van der Waals surface area contributed by atoms with Gasteiger partial charge >= 0.3 is 5.84 Å². The molecule has 0 aliphatic heterocycles. The molecule has 2 aromatic heterocycles. The molecule has 0 saturated heterocycles. The predicted octanol–water partition coefficient (Wildman–Crippen LogP) is 1.44. The molecule has 0 amide bonds.